The highest BCUT2D eigenvalue weighted by Crippen LogP contribution is 2.29. The Morgan fingerprint density at radius 2 is 2.35 bits per heavy atom. The van der Waals surface area contributed by atoms with Gasteiger partial charge in [0.05, 0.1) is 5.69 Å². The number of rotatable bonds is 5. The number of nitrogens with one attached hydrogen (secondary N) is 1. The minimum atomic E-state index is 0.0893. The van der Waals surface area contributed by atoms with Crippen LogP contribution in [-0.2, 0) is 4.79 Å². The minimum Gasteiger partial charge on any atom is -0.353 e. The molecule has 2 heterocycles. The van der Waals surface area contributed by atoms with Crippen LogP contribution in [0.2, 0.25) is 0 Å². The van der Waals surface area contributed by atoms with E-state index in [9.17, 15) is 4.79 Å². The van der Waals surface area contributed by atoms with E-state index in [1.54, 1.807) is 11.3 Å². The summed E-state index contributed by atoms with van der Waals surface area (Å²) >= 11 is 1.71. The van der Waals surface area contributed by atoms with Gasteiger partial charge in [0.25, 0.3) is 0 Å². The third kappa shape index (κ3) is 2.77. The van der Waals surface area contributed by atoms with Gasteiger partial charge in [-0.2, -0.15) is 5.10 Å². The summed E-state index contributed by atoms with van der Waals surface area (Å²) < 4.78 is 2.02. The molecular weight excluding hydrogens is 270 g/mol. The van der Waals surface area contributed by atoms with Crippen LogP contribution >= 0.6 is 11.3 Å². The molecule has 1 atom stereocenters. The number of aromatic nitrogens is 2. The van der Waals surface area contributed by atoms with E-state index in [-0.39, 0.29) is 17.9 Å². The Kier molecular flexibility index (Phi) is 3.61. The normalized spacial score (nSPS) is 16.1. The molecule has 1 fully saturated rings. The van der Waals surface area contributed by atoms with Crippen molar-refractivity contribution in [1.82, 2.24) is 15.1 Å². The number of nitrogens with zero attached hydrogens (tertiary/aromatic N) is 2. The Bertz CT molecular complexity index is 599. The van der Waals surface area contributed by atoms with Crippen LogP contribution in [0.4, 0.5) is 0 Å². The maximum absolute atomic E-state index is 11.9. The highest BCUT2D eigenvalue weighted by atomic mass is 32.1. The van der Waals surface area contributed by atoms with Gasteiger partial charge in [-0.05, 0) is 44.2 Å². The molecule has 1 saturated carbocycles. The van der Waals surface area contributed by atoms with Crippen LogP contribution in [0.3, 0.4) is 0 Å². The standard InChI is InChI=1S/C15H19N3OS/c1-10-8-11(2)18(17-10)13(14-4-3-7-20-14)9-16-15(19)12-5-6-12/h3-4,7-8,12-13H,5-6,9H2,1-2H3,(H,16,19)/t13-/m0/s1. The molecule has 106 valence electrons. The topological polar surface area (TPSA) is 46.9 Å². The number of thiophene rings is 1. The summed E-state index contributed by atoms with van der Waals surface area (Å²) in [4.78, 5) is 13.1. The molecule has 2 aromatic rings. The molecule has 2 aromatic heterocycles. The van der Waals surface area contributed by atoms with Gasteiger partial charge in [0, 0.05) is 23.0 Å². The second kappa shape index (κ2) is 5.40. The number of hydrogen-bond donors (Lipinski definition) is 1. The first-order valence-electron chi connectivity index (χ1n) is 6.99. The zero-order valence-corrected chi connectivity index (χ0v) is 12.6. The van der Waals surface area contributed by atoms with Crippen LogP contribution < -0.4 is 5.32 Å². The van der Waals surface area contributed by atoms with Crippen LogP contribution in [-0.4, -0.2) is 22.2 Å². The lowest BCUT2D eigenvalue weighted by atomic mass is 10.2. The fourth-order valence-corrected chi connectivity index (χ4v) is 3.25. The predicted octanol–water partition coefficient (Wildman–Crippen LogP) is 2.68. The van der Waals surface area contributed by atoms with Crippen molar-refractivity contribution in [3.8, 4) is 0 Å². The van der Waals surface area contributed by atoms with Crippen molar-refractivity contribution in [2.75, 3.05) is 6.54 Å². The number of carbonyl (C=O) groups is 1. The summed E-state index contributed by atoms with van der Waals surface area (Å²) in [6.07, 6.45) is 2.07. The smallest absolute Gasteiger partial charge is 0.223 e. The maximum atomic E-state index is 11.9. The molecule has 0 spiro atoms. The zero-order chi connectivity index (χ0) is 14.1. The zero-order valence-electron chi connectivity index (χ0n) is 11.8. The second-order valence-electron chi connectivity index (χ2n) is 5.42. The van der Waals surface area contributed by atoms with Crippen LogP contribution in [0.5, 0.6) is 0 Å². The predicted molar refractivity (Wildman–Crippen MR) is 79.9 cm³/mol. The molecular formula is C15H19N3OS. The molecule has 5 heteroatoms. The van der Waals surface area contributed by atoms with Gasteiger partial charge in [-0.15, -0.1) is 11.3 Å². The Hall–Kier alpha value is -1.62. The van der Waals surface area contributed by atoms with E-state index < -0.39 is 0 Å². The molecule has 3 rings (SSSR count). The lowest BCUT2D eigenvalue weighted by Gasteiger charge is -2.18. The third-order valence-corrected chi connectivity index (χ3v) is 4.60. The molecule has 0 unspecified atom stereocenters. The van der Waals surface area contributed by atoms with Crippen molar-refractivity contribution in [2.24, 2.45) is 5.92 Å². The molecule has 0 saturated heterocycles. The Balaban J connectivity index is 1.80. The maximum Gasteiger partial charge on any atom is 0.223 e. The highest BCUT2D eigenvalue weighted by Gasteiger charge is 2.30. The van der Waals surface area contributed by atoms with Crippen molar-refractivity contribution >= 4 is 17.2 Å². The van der Waals surface area contributed by atoms with E-state index >= 15 is 0 Å². The van der Waals surface area contributed by atoms with E-state index in [0.29, 0.717) is 6.54 Å². The van der Waals surface area contributed by atoms with Gasteiger partial charge in [-0.25, -0.2) is 0 Å². The van der Waals surface area contributed by atoms with Crippen molar-refractivity contribution < 1.29 is 4.79 Å². The molecule has 20 heavy (non-hydrogen) atoms. The summed E-state index contributed by atoms with van der Waals surface area (Å²) in [5.41, 5.74) is 2.14. The summed E-state index contributed by atoms with van der Waals surface area (Å²) in [5, 5.41) is 9.72. The Morgan fingerprint density at radius 3 is 2.90 bits per heavy atom. The number of aryl methyl sites for hydroxylation is 2. The van der Waals surface area contributed by atoms with Crippen LogP contribution in [0.25, 0.3) is 0 Å². The Morgan fingerprint density at radius 1 is 1.55 bits per heavy atom. The van der Waals surface area contributed by atoms with E-state index in [0.717, 1.165) is 24.2 Å². The van der Waals surface area contributed by atoms with Gasteiger partial charge >= 0.3 is 0 Å². The van der Waals surface area contributed by atoms with Crippen molar-refractivity contribution in [2.45, 2.75) is 32.7 Å². The monoisotopic (exact) mass is 289 g/mol. The van der Waals surface area contributed by atoms with Gasteiger partial charge in [-0.3, -0.25) is 9.48 Å². The van der Waals surface area contributed by atoms with E-state index in [4.69, 9.17) is 0 Å². The Labute approximate surface area is 122 Å². The molecule has 0 bridgehead atoms. The fourth-order valence-electron chi connectivity index (χ4n) is 2.44. The van der Waals surface area contributed by atoms with Crippen LogP contribution in [0.15, 0.2) is 23.6 Å². The first kappa shape index (κ1) is 13.4. The number of amides is 1. The SMILES string of the molecule is Cc1cc(C)n([C@@H](CNC(=O)C2CC2)c2cccs2)n1. The lowest BCUT2D eigenvalue weighted by Crippen LogP contribution is -2.32. The average molecular weight is 289 g/mol. The van der Waals surface area contributed by atoms with Gasteiger partial charge in [0.2, 0.25) is 5.91 Å². The molecule has 0 aromatic carbocycles. The van der Waals surface area contributed by atoms with Crippen molar-refractivity contribution in [1.29, 1.82) is 0 Å². The van der Waals surface area contributed by atoms with Crippen LogP contribution in [0, 0.1) is 19.8 Å². The van der Waals surface area contributed by atoms with Gasteiger partial charge < -0.3 is 5.32 Å². The van der Waals surface area contributed by atoms with E-state index in [1.807, 2.05) is 17.7 Å². The van der Waals surface area contributed by atoms with Crippen LogP contribution in [0.1, 0.15) is 35.1 Å². The highest BCUT2D eigenvalue weighted by molar-refractivity contribution is 7.10. The van der Waals surface area contributed by atoms with E-state index in [2.05, 4.69) is 34.9 Å². The lowest BCUT2D eigenvalue weighted by molar-refractivity contribution is -0.122. The summed E-state index contributed by atoms with van der Waals surface area (Å²) in [7, 11) is 0. The molecule has 0 aliphatic heterocycles. The molecule has 4 nitrogen and oxygen atoms in total. The molecule has 1 aliphatic rings. The number of hydrogen-bond acceptors (Lipinski definition) is 3. The van der Waals surface area contributed by atoms with Gasteiger partial charge in [0.1, 0.15) is 6.04 Å². The molecule has 1 aliphatic carbocycles. The third-order valence-electron chi connectivity index (χ3n) is 3.63. The minimum absolute atomic E-state index is 0.0893. The molecule has 0 radical (unpaired) electrons. The first-order chi connectivity index (χ1) is 9.65. The largest absolute Gasteiger partial charge is 0.353 e. The fraction of sp³-hybridized carbons (Fsp3) is 0.467. The average Bonchev–Trinajstić information content (AvgIpc) is 3.03. The van der Waals surface area contributed by atoms with Crippen molar-refractivity contribution in [3.05, 3.63) is 39.8 Å². The summed E-state index contributed by atoms with van der Waals surface area (Å²) in [6.45, 7) is 4.67. The van der Waals surface area contributed by atoms with Gasteiger partial charge in [-0.1, -0.05) is 6.07 Å². The first-order valence-corrected chi connectivity index (χ1v) is 7.87. The number of carbonyl (C=O) groups excluding carboxylic acids is 1. The summed E-state index contributed by atoms with van der Waals surface area (Å²) in [5.74, 6) is 0.438. The molecule has 1 amide bonds. The van der Waals surface area contributed by atoms with Crippen molar-refractivity contribution in [3.63, 3.8) is 0 Å². The van der Waals surface area contributed by atoms with E-state index in [1.165, 1.54) is 4.88 Å². The van der Waals surface area contributed by atoms with Gasteiger partial charge in [0.15, 0.2) is 0 Å². The molecule has 1 N–H and O–H groups in total. The quantitative estimate of drug-likeness (QED) is 0.920. The summed E-state index contributed by atoms with van der Waals surface area (Å²) in [6, 6.07) is 6.31. The second-order valence-corrected chi connectivity index (χ2v) is 6.40.